The van der Waals surface area contributed by atoms with E-state index in [0.717, 1.165) is 43.0 Å². The monoisotopic (exact) mass is 422 g/mol. The second-order valence-electron chi connectivity index (χ2n) is 8.50. The lowest BCUT2D eigenvalue weighted by Crippen LogP contribution is -1.97. The van der Waals surface area contributed by atoms with E-state index in [2.05, 4.69) is 35.6 Å². The Labute approximate surface area is 190 Å². The number of hydrogen-bond donors (Lipinski definition) is 0. The molecule has 3 heteroatoms. The van der Waals surface area contributed by atoms with Crippen molar-refractivity contribution in [2.24, 2.45) is 0 Å². The predicted molar refractivity (Wildman–Crippen MR) is 133 cm³/mol. The van der Waals surface area contributed by atoms with Crippen molar-refractivity contribution in [2.45, 2.75) is 96.8 Å². The van der Waals surface area contributed by atoms with E-state index in [1.165, 1.54) is 76.2 Å². The van der Waals surface area contributed by atoms with Crippen molar-refractivity contribution in [1.29, 1.82) is 0 Å². The SMILES string of the molecule is C=CCCCCCCCCOc1ccc(-c2ncc(CCCCCCCC)cn2)cc1. The van der Waals surface area contributed by atoms with Crippen LogP contribution >= 0.6 is 0 Å². The van der Waals surface area contributed by atoms with E-state index >= 15 is 0 Å². The first kappa shape index (κ1) is 25.1. The highest BCUT2D eigenvalue weighted by atomic mass is 16.5. The van der Waals surface area contributed by atoms with Crippen LogP contribution in [-0.4, -0.2) is 16.6 Å². The van der Waals surface area contributed by atoms with Gasteiger partial charge in [0.2, 0.25) is 0 Å². The van der Waals surface area contributed by atoms with Crippen LogP contribution in [0, 0.1) is 0 Å². The van der Waals surface area contributed by atoms with Crippen LogP contribution < -0.4 is 4.74 Å². The van der Waals surface area contributed by atoms with Gasteiger partial charge in [-0.25, -0.2) is 9.97 Å². The summed E-state index contributed by atoms with van der Waals surface area (Å²) in [6.07, 6.45) is 23.7. The molecule has 1 aromatic heterocycles. The lowest BCUT2D eigenvalue weighted by Gasteiger charge is -2.07. The first-order valence-corrected chi connectivity index (χ1v) is 12.5. The Hall–Kier alpha value is -2.16. The zero-order valence-electron chi connectivity index (χ0n) is 19.7. The zero-order chi connectivity index (χ0) is 22.0. The minimum Gasteiger partial charge on any atom is -0.494 e. The summed E-state index contributed by atoms with van der Waals surface area (Å²) >= 11 is 0. The molecule has 0 atom stereocenters. The Balaban J connectivity index is 1.63. The van der Waals surface area contributed by atoms with Gasteiger partial charge in [0.05, 0.1) is 6.61 Å². The van der Waals surface area contributed by atoms with Gasteiger partial charge < -0.3 is 4.74 Å². The molecule has 0 saturated carbocycles. The molecule has 2 rings (SSSR count). The third-order valence-electron chi connectivity index (χ3n) is 5.71. The molecule has 0 aliphatic heterocycles. The summed E-state index contributed by atoms with van der Waals surface area (Å²) in [6.45, 7) is 6.82. The lowest BCUT2D eigenvalue weighted by atomic mass is 10.1. The Morgan fingerprint density at radius 1 is 0.774 bits per heavy atom. The van der Waals surface area contributed by atoms with Crippen LogP contribution in [0.2, 0.25) is 0 Å². The molecular formula is C28H42N2O. The summed E-state index contributed by atoms with van der Waals surface area (Å²) in [5.41, 5.74) is 2.28. The van der Waals surface area contributed by atoms with E-state index in [9.17, 15) is 0 Å². The van der Waals surface area contributed by atoms with Gasteiger partial charge in [-0.1, -0.05) is 70.8 Å². The number of rotatable bonds is 18. The molecule has 0 saturated heterocycles. The Kier molecular flexibility index (Phi) is 13.4. The molecule has 1 heterocycles. The van der Waals surface area contributed by atoms with E-state index in [1.807, 2.05) is 30.6 Å². The summed E-state index contributed by atoms with van der Waals surface area (Å²) in [4.78, 5) is 9.14. The van der Waals surface area contributed by atoms with Crippen LogP contribution in [0.5, 0.6) is 5.75 Å². The highest BCUT2D eigenvalue weighted by Gasteiger charge is 2.03. The van der Waals surface area contributed by atoms with Gasteiger partial charge in [0.25, 0.3) is 0 Å². The normalized spacial score (nSPS) is 10.9. The maximum absolute atomic E-state index is 5.89. The van der Waals surface area contributed by atoms with E-state index in [1.54, 1.807) is 0 Å². The van der Waals surface area contributed by atoms with E-state index in [4.69, 9.17) is 4.74 Å². The maximum atomic E-state index is 5.89. The summed E-state index contributed by atoms with van der Waals surface area (Å²) in [5.74, 6) is 1.71. The second-order valence-corrected chi connectivity index (χ2v) is 8.50. The Bertz CT molecular complexity index is 694. The molecule has 0 aliphatic rings. The van der Waals surface area contributed by atoms with Gasteiger partial charge >= 0.3 is 0 Å². The van der Waals surface area contributed by atoms with Crippen LogP contribution in [0.4, 0.5) is 0 Å². The second kappa shape index (κ2) is 16.5. The fourth-order valence-corrected chi connectivity index (χ4v) is 3.73. The molecule has 0 radical (unpaired) electrons. The molecular weight excluding hydrogens is 380 g/mol. The summed E-state index contributed by atoms with van der Waals surface area (Å²) in [7, 11) is 0. The number of aromatic nitrogens is 2. The molecule has 0 unspecified atom stereocenters. The number of unbranched alkanes of at least 4 members (excludes halogenated alkanes) is 11. The van der Waals surface area contributed by atoms with Gasteiger partial charge in [0.15, 0.2) is 5.82 Å². The van der Waals surface area contributed by atoms with Crippen LogP contribution in [0.1, 0.15) is 96.0 Å². The Morgan fingerprint density at radius 2 is 1.39 bits per heavy atom. The fourth-order valence-electron chi connectivity index (χ4n) is 3.73. The van der Waals surface area contributed by atoms with Crippen LogP contribution in [0.25, 0.3) is 11.4 Å². The van der Waals surface area contributed by atoms with Crippen molar-refractivity contribution in [3.8, 4) is 17.1 Å². The average molecular weight is 423 g/mol. The van der Waals surface area contributed by atoms with Gasteiger partial charge in [0.1, 0.15) is 5.75 Å². The smallest absolute Gasteiger partial charge is 0.159 e. The van der Waals surface area contributed by atoms with Crippen molar-refractivity contribution >= 4 is 0 Å². The number of aryl methyl sites for hydroxylation is 1. The first-order chi connectivity index (χ1) is 15.3. The molecule has 0 aliphatic carbocycles. The largest absolute Gasteiger partial charge is 0.494 e. The molecule has 1 aromatic carbocycles. The number of nitrogens with zero attached hydrogens (tertiary/aromatic N) is 2. The van der Waals surface area contributed by atoms with Crippen molar-refractivity contribution < 1.29 is 4.74 Å². The fraction of sp³-hybridized carbons (Fsp3) is 0.571. The zero-order valence-corrected chi connectivity index (χ0v) is 19.7. The lowest BCUT2D eigenvalue weighted by molar-refractivity contribution is 0.304. The van der Waals surface area contributed by atoms with E-state index < -0.39 is 0 Å². The minimum atomic E-state index is 0.787. The third kappa shape index (κ3) is 11.1. The predicted octanol–water partition coefficient (Wildman–Crippen LogP) is 8.34. The van der Waals surface area contributed by atoms with Gasteiger partial charge in [-0.2, -0.15) is 0 Å². The third-order valence-corrected chi connectivity index (χ3v) is 5.71. The summed E-state index contributed by atoms with van der Waals surface area (Å²) < 4.78 is 5.89. The van der Waals surface area contributed by atoms with Crippen molar-refractivity contribution in [1.82, 2.24) is 9.97 Å². The number of allylic oxidation sites excluding steroid dienone is 1. The molecule has 0 amide bonds. The van der Waals surface area contributed by atoms with Crippen molar-refractivity contribution in [3.63, 3.8) is 0 Å². The van der Waals surface area contributed by atoms with E-state index in [0.29, 0.717) is 0 Å². The van der Waals surface area contributed by atoms with Crippen molar-refractivity contribution in [3.05, 3.63) is 54.9 Å². The molecule has 2 aromatic rings. The molecule has 31 heavy (non-hydrogen) atoms. The van der Waals surface area contributed by atoms with Crippen molar-refractivity contribution in [2.75, 3.05) is 6.61 Å². The number of ether oxygens (including phenoxy) is 1. The minimum absolute atomic E-state index is 0.787. The summed E-state index contributed by atoms with van der Waals surface area (Å²) in [6, 6.07) is 8.16. The number of hydrogen-bond acceptors (Lipinski definition) is 3. The molecule has 0 fully saturated rings. The Morgan fingerprint density at radius 3 is 2.06 bits per heavy atom. The molecule has 3 nitrogen and oxygen atoms in total. The summed E-state index contributed by atoms with van der Waals surface area (Å²) in [5, 5.41) is 0. The van der Waals surface area contributed by atoms with Gasteiger partial charge in [-0.05, 0) is 61.9 Å². The highest BCUT2D eigenvalue weighted by Crippen LogP contribution is 2.20. The molecule has 0 bridgehead atoms. The standard InChI is InChI=1S/C28H42N2O/c1-3-5-7-9-11-12-14-16-22-31-27-20-18-26(19-21-27)28-29-23-25(24-30-28)17-15-13-10-8-6-4-2/h3,18-21,23-24H,1,4-17,22H2,2H3. The van der Waals surface area contributed by atoms with Crippen LogP contribution in [0.3, 0.4) is 0 Å². The number of benzene rings is 1. The maximum Gasteiger partial charge on any atom is 0.159 e. The quantitative estimate of drug-likeness (QED) is 0.179. The van der Waals surface area contributed by atoms with E-state index in [-0.39, 0.29) is 0 Å². The average Bonchev–Trinajstić information content (AvgIpc) is 2.81. The van der Waals surface area contributed by atoms with Crippen LogP contribution in [0.15, 0.2) is 49.3 Å². The molecule has 0 spiro atoms. The van der Waals surface area contributed by atoms with Gasteiger partial charge in [0, 0.05) is 18.0 Å². The molecule has 0 N–H and O–H groups in total. The first-order valence-electron chi connectivity index (χ1n) is 12.5. The highest BCUT2D eigenvalue weighted by molar-refractivity contribution is 5.55. The topological polar surface area (TPSA) is 35.0 Å². The van der Waals surface area contributed by atoms with Crippen LogP contribution in [-0.2, 0) is 6.42 Å². The van der Waals surface area contributed by atoms with Gasteiger partial charge in [-0.3, -0.25) is 0 Å². The van der Waals surface area contributed by atoms with Gasteiger partial charge in [-0.15, -0.1) is 6.58 Å². The molecule has 170 valence electrons.